The van der Waals surface area contributed by atoms with Gasteiger partial charge in [-0.05, 0) is 40.2 Å². The number of halogens is 11. The number of amides is 1. The van der Waals surface area contributed by atoms with Crippen LogP contribution in [0.5, 0.6) is 5.75 Å². The average molecular weight is 573 g/mol. The summed E-state index contributed by atoms with van der Waals surface area (Å²) in [6, 6.07) is 0.544. The fourth-order valence-electron chi connectivity index (χ4n) is 2.85. The van der Waals surface area contributed by atoms with E-state index in [1.165, 1.54) is 0 Å². The topological polar surface area (TPSA) is 95.5 Å². The van der Waals surface area contributed by atoms with Crippen LogP contribution in [0.1, 0.15) is 15.9 Å². The molecule has 186 valence electrons. The Hall–Kier alpha value is -3.11. The van der Waals surface area contributed by atoms with Crippen molar-refractivity contribution in [1.29, 1.82) is 0 Å². The monoisotopic (exact) mass is 572 g/mol. The van der Waals surface area contributed by atoms with E-state index < -0.39 is 85.5 Å². The van der Waals surface area contributed by atoms with Crippen molar-refractivity contribution in [2.45, 2.75) is 24.6 Å². The molecule has 0 aliphatic carbocycles. The van der Waals surface area contributed by atoms with Gasteiger partial charge in [-0.3, -0.25) is 14.9 Å². The number of nitrogens with zero attached hydrogens (tertiary/aromatic N) is 1. The van der Waals surface area contributed by atoms with Crippen LogP contribution >= 0.6 is 15.9 Å². The van der Waals surface area contributed by atoms with Crippen LogP contribution in [0.4, 0.5) is 49.6 Å². The molecular formula is C17H7BrF10N2O4. The number of primary amides is 1. The fourth-order valence-corrected chi connectivity index (χ4v) is 3.51. The Bertz CT molecular complexity index is 1140. The number of nitro groups is 1. The standard InChI is InChI=1S/C17H7BrF10N2O4/c18-8-3-5(15(22,16(23,24)25)17(26,27)28)4-9(34-14(20)21)10(8)6-1-2-7(13(29)31)11(19)12(6)30(32)33/h1-4,14H,(H2,29,31). The van der Waals surface area contributed by atoms with Crippen LogP contribution in [0.3, 0.4) is 0 Å². The number of alkyl halides is 9. The Balaban J connectivity index is 3.00. The van der Waals surface area contributed by atoms with E-state index in [2.05, 4.69) is 20.7 Å². The van der Waals surface area contributed by atoms with Gasteiger partial charge in [-0.15, -0.1) is 0 Å². The minimum Gasteiger partial charge on any atom is -0.434 e. The molecule has 0 saturated heterocycles. The third kappa shape index (κ3) is 4.60. The number of benzene rings is 2. The number of hydrogen-bond donors (Lipinski definition) is 1. The maximum absolute atomic E-state index is 14.5. The van der Waals surface area contributed by atoms with Gasteiger partial charge >= 0.3 is 30.3 Å². The van der Waals surface area contributed by atoms with E-state index in [1.54, 1.807) is 0 Å². The number of nitro benzene ring substituents is 1. The van der Waals surface area contributed by atoms with E-state index in [9.17, 15) is 58.8 Å². The highest BCUT2D eigenvalue weighted by Crippen LogP contribution is 2.55. The van der Waals surface area contributed by atoms with Crippen molar-refractivity contribution in [3.8, 4) is 16.9 Å². The second kappa shape index (κ2) is 8.92. The first kappa shape index (κ1) is 27.1. The maximum Gasteiger partial charge on any atom is 0.435 e. The number of carbonyl (C=O) groups excluding carboxylic acids is 1. The third-order valence-electron chi connectivity index (χ3n) is 4.28. The summed E-state index contributed by atoms with van der Waals surface area (Å²) in [7, 11) is 0. The summed E-state index contributed by atoms with van der Waals surface area (Å²) >= 11 is 2.44. The zero-order chi connectivity index (χ0) is 26.4. The minimum atomic E-state index is -6.63. The number of hydrogen-bond acceptors (Lipinski definition) is 4. The first-order valence-electron chi connectivity index (χ1n) is 8.22. The molecule has 1 amide bonds. The SMILES string of the molecule is NC(=O)c1ccc(-c2c(Br)cc(C(F)(C(F)(F)F)C(F)(F)F)cc2OC(F)F)c([N+](=O)[O-])c1F. The van der Waals surface area contributed by atoms with E-state index >= 15 is 0 Å². The first-order valence-corrected chi connectivity index (χ1v) is 9.02. The summed E-state index contributed by atoms with van der Waals surface area (Å²) in [5.74, 6) is -4.99. The number of rotatable bonds is 6. The molecule has 0 radical (unpaired) electrons. The molecule has 17 heteroatoms. The molecule has 0 spiro atoms. The van der Waals surface area contributed by atoms with Gasteiger partial charge in [-0.1, -0.05) is 0 Å². The lowest BCUT2D eigenvalue weighted by Crippen LogP contribution is -2.50. The number of nitrogens with two attached hydrogens (primary N) is 1. The van der Waals surface area contributed by atoms with Crippen LogP contribution in [0.15, 0.2) is 28.7 Å². The van der Waals surface area contributed by atoms with Gasteiger partial charge in [0.15, 0.2) is 0 Å². The summed E-state index contributed by atoms with van der Waals surface area (Å²) in [6.45, 7) is -3.93. The van der Waals surface area contributed by atoms with Crippen molar-refractivity contribution in [2.75, 3.05) is 0 Å². The maximum atomic E-state index is 14.5. The lowest BCUT2D eigenvalue weighted by atomic mass is 9.91. The van der Waals surface area contributed by atoms with E-state index in [0.29, 0.717) is 12.1 Å². The van der Waals surface area contributed by atoms with Crippen LogP contribution < -0.4 is 10.5 Å². The zero-order valence-electron chi connectivity index (χ0n) is 15.7. The van der Waals surface area contributed by atoms with Gasteiger partial charge in [-0.2, -0.15) is 39.5 Å². The van der Waals surface area contributed by atoms with Crippen molar-refractivity contribution in [2.24, 2.45) is 5.73 Å². The molecule has 34 heavy (non-hydrogen) atoms. The Morgan fingerprint density at radius 1 is 1.06 bits per heavy atom. The average Bonchev–Trinajstić information content (AvgIpc) is 2.63. The van der Waals surface area contributed by atoms with Crippen LogP contribution in [0, 0.1) is 15.9 Å². The molecular weight excluding hydrogens is 566 g/mol. The highest BCUT2D eigenvalue weighted by molar-refractivity contribution is 9.10. The van der Waals surface area contributed by atoms with Gasteiger partial charge < -0.3 is 10.5 Å². The fraction of sp³-hybridized carbons (Fsp3) is 0.235. The molecule has 0 fully saturated rings. The van der Waals surface area contributed by atoms with Gasteiger partial charge in [0.25, 0.3) is 5.91 Å². The number of ether oxygens (including phenoxy) is 1. The molecule has 0 unspecified atom stereocenters. The molecule has 0 aliphatic rings. The molecule has 0 atom stereocenters. The lowest BCUT2D eigenvalue weighted by Gasteiger charge is -2.31. The minimum absolute atomic E-state index is 0.141. The lowest BCUT2D eigenvalue weighted by molar-refractivity contribution is -0.386. The van der Waals surface area contributed by atoms with Gasteiger partial charge in [-0.25, -0.2) is 4.39 Å². The normalized spacial score (nSPS) is 12.7. The highest BCUT2D eigenvalue weighted by atomic mass is 79.9. The largest absolute Gasteiger partial charge is 0.435 e. The summed E-state index contributed by atoms with van der Waals surface area (Å²) < 4.78 is 136. The van der Waals surface area contributed by atoms with Crippen molar-refractivity contribution >= 4 is 27.5 Å². The van der Waals surface area contributed by atoms with Gasteiger partial charge in [0.05, 0.1) is 16.1 Å². The van der Waals surface area contributed by atoms with E-state index in [4.69, 9.17) is 5.73 Å². The Morgan fingerprint density at radius 2 is 1.59 bits per heavy atom. The quantitative estimate of drug-likeness (QED) is 0.255. The van der Waals surface area contributed by atoms with Crippen molar-refractivity contribution in [1.82, 2.24) is 0 Å². The second-order valence-corrected chi connectivity index (χ2v) is 7.16. The van der Waals surface area contributed by atoms with Crippen LogP contribution in [0.2, 0.25) is 0 Å². The summed E-state index contributed by atoms with van der Waals surface area (Å²) in [6.07, 6.45) is -13.3. The third-order valence-corrected chi connectivity index (χ3v) is 4.91. The van der Waals surface area contributed by atoms with Gasteiger partial charge in [0.2, 0.25) is 5.82 Å². The second-order valence-electron chi connectivity index (χ2n) is 6.31. The Morgan fingerprint density at radius 3 is 2.00 bits per heavy atom. The van der Waals surface area contributed by atoms with Crippen molar-refractivity contribution < 1.29 is 58.4 Å². The summed E-state index contributed by atoms with van der Waals surface area (Å²) in [4.78, 5) is 21.2. The summed E-state index contributed by atoms with van der Waals surface area (Å²) in [5.41, 5.74) is -8.21. The van der Waals surface area contributed by atoms with Gasteiger partial charge in [0.1, 0.15) is 5.75 Å². The molecule has 2 aromatic rings. The smallest absolute Gasteiger partial charge is 0.434 e. The molecule has 0 aromatic heterocycles. The van der Waals surface area contributed by atoms with E-state index in [1.807, 2.05) is 0 Å². The summed E-state index contributed by atoms with van der Waals surface area (Å²) in [5, 5.41) is 11.4. The first-order chi connectivity index (χ1) is 15.3. The van der Waals surface area contributed by atoms with E-state index in [-0.39, 0.29) is 6.07 Å². The molecule has 2 rings (SSSR count). The Kier molecular flexibility index (Phi) is 7.12. The zero-order valence-corrected chi connectivity index (χ0v) is 17.3. The molecule has 0 saturated carbocycles. The van der Waals surface area contributed by atoms with Gasteiger partial charge in [0, 0.05) is 15.6 Å². The molecule has 2 N–H and O–H groups in total. The number of carbonyl (C=O) groups is 1. The predicted molar refractivity (Wildman–Crippen MR) is 96.2 cm³/mol. The highest BCUT2D eigenvalue weighted by Gasteiger charge is 2.73. The van der Waals surface area contributed by atoms with E-state index in [0.717, 1.165) is 0 Å². The van der Waals surface area contributed by atoms with Crippen LogP contribution in [-0.2, 0) is 5.67 Å². The molecule has 0 aliphatic heterocycles. The van der Waals surface area contributed by atoms with Crippen molar-refractivity contribution in [3.05, 3.63) is 55.8 Å². The van der Waals surface area contributed by atoms with Crippen LogP contribution in [-0.4, -0.2) is 29.8 Å². The molecule has 0 bridgehead atoms. The molecule has 0 heterocycles. The predicted octanol–water partition coefficient (Wildman–Crippen LogP) is 6.15. The molecule has 2 aromatic carbocycles. The van der Waals surface area contributed by atoms with Crippen molar-refractivity contribution in [3.63, 3.8) is 0 Å². The molecule has 6 nitrogen and oxygen atoms in total. The van der Waals surface area contributed by atoms with Crippen LogP contribution in [0.25, 0.3) is 11.1 Å². The Labute approximate surface area is 189 Å².